The molecule has 0 spiro atoms. The molecule has 3 aliphatic heterocycles. The number of anilines is 1. The lowest BCUT2D eigenvalue weighted by atomic mass is 9.84. The number of carbonyl (C=O) groups excluding carboxylic acids is 1. The van der Waals surface area contributed by atoms with E-state index in [1.165, 1.54) is 37.2 Å². The summed E-state index contributed by atoms with van der Waals surface area (Å²) in [4.78, 5) is 20.2. The third-order valence-electron chi connectivity index (χ3n) is 7.58. The molecule has 2 aromatic rings. The zero-order chi connectivity index (χ0) is 20.7. The molecular formula is C25H33N3O2. The van der Waals surface area contributed by atoms with Crippen LogP contribution in [0.2, 0.25) is 0 Å². The Bertz CT molecular complexity index is 899. The Labute approximate surface area is 179 Å². The van der Waals surface area contributed by atoms with Crippen LogP contribution >= 0.6 is 0 Å². The molecule has 5 nitrogen and oxygen atoms in total. The second kappa shape index (κ2) is 8.10. The minimum Gasteiger partial charge on any atom is -0.467 e. The van der Waals surface area contributed by atoms with Crippen molar-refractivity contribution in [3.63, 3.8) is 0 Å². The van der Waals surface area contributed by atoms with Gasteiger partial charge in [-0.3, -0.25) is 4.79 Å². The van der Waals surface area contributed by atoms with Crippen LogP contribution in [0.3, 0.4) is 0 Å². The summed E-state index contributed by atoms with van der Waals surface area (Å²) in [5, 5.41) is 0. The molecule has 2 atom stereocenters. The largest absolute Gasteiger partial charge is 0.467 e. The van der Waals surface area contributed by atoms with Crippen molar-refractivity contribution < 1.29 is 9.21 Å². The van der Waals surface area contributed by atoms with E-state index in [2.05, 4.69) is 52.9 Å². The molecule has 0 aliphatic carbocycles. The zero-order valence-electron chi connectivity index (χ0n) is 18.2. The first-order valence-corrected chi connectivity index (χ1v) is 11.5. The first-order chi connectivity index (χ1) is 14.6. The molecule has 2 fully saturated rings. The van der Waals surface area contributed by atoms with E-state index in [-0.39, 0.29) is 5.91 Å². The molecule has 30 heavy (non-hydrogen) atoms. The lowest BCUT2D eigenvalue weighted by Gasteiger charge is -2.32. The van der Waals surface area contributed by atoms with Gasteiger partial charge in [0.05, 0.1) is 18.4 Å². The number of fused-ring (bicyclic) bond motifs is 1. The summed E-state index contributed by atoms with van der Waals surface area (Å²) in [6.07, 6.45) is 6.41. The Balaban J connectivity index is 1.27. The standard InChI is InChI=1S/C25H33N3O2/c1-18-15-20-5-3-4-6-23(20)28(18)17-24-22(10-14-30-24)25(29)27-13-9-21(16-27)19-7-11-26(2)12-8-19/h3-6,10,14,18-19,21H,7-9,11-13,15-17H2,1-2H3/t18-,21+/m0/s1. The maximum atomic E-state index is 13.3. The maximum absolute atomic E-state index is 13.3. The fourth-order valence-corrected chi connectivity index (χ4v) is 5.71. The monoisotopic (exact) mass is 407 g/mol. The summed E-state index contributed by atoms with van der Waals surface area (Å²) in [6, 6.07) is 10.9. The van der Waals surface area contributed by atoms with Crippen molar-refractivity contribution in [2.45, 2.75) is 45.2 Å². The van der Waals surface area contributed by atoms with Crippen LogP contribution in [0.5, 0.6) is 0 Å². The van der Waals surface area contributed by atoms with Gasteiger partial charge in [-0.1, -0.05) is 18.2 Å². The van der Waals surface area contributed by atoms with Gasteiger partial charge in [0.1, 0.15) is 5.76 Å². The molecule has 0 N–H and O–H groups in total. The smallest absolute Gasteiger partial charge is 0.257 e. The molecule has 2 saturated heterocycles. The van der Waals surface area contributed by atoms with Gasteiger partial charge in [-0.15, -0.1) is 0 Å². The van der Waals surface area contributed by atoms with E-state index in [1.807, 2.05) is 6.07 Å². The highest BCUT2D eigenvalue weighted by atomic mass is 16.3. The average molecular weight is 408 g/mol. The van der Waals surface area contributed by atoms with Crippen LogP contribution in [0.1, 0.15) is 47.9 Å². The molecule has 0 saturated carbocycles. The second-order valence-corrected chi connectivity index (χ2v) is 9.51. The molecule has 3 aliphatic rings. The van der Waals surface area contributed by atoms with Gasteiger partial charge in [0.25, 0.3) is 5.91 Å². The van der Waals surface area contributed by atoms with Crippen LogP contribution in [0.4, 0.5) is 5.69 Å². The number of hydrogen-bond donors (Lipinski definition) is 0. The Morgan fingerprint density at radius 3 is 2.67 bits per heavy atom. The number of likely N-dealkylation sites (tertiary alicyclic amines) is 2. The summed E-state index contributed by atoms with van der Waals surface area (Å²) >= 11 is 0. The Morgan fingerprint density at radius 1 is 1.07 bits per heavy atom. The molecule has 1 aromatic heterocycles. The van der Waals surface area contributed by atoms with Gasteiger partial charge >= 0.3 is 0 Å². The first kappa shape index (κ1) is 19.7. The minimum atomic E-state index is 0.148. The number of furan rings is 1. The quantitative estimate of drug-likeness (QED) is 0.767. The fourth-order valence-electron chi connectivity index (χ4n) is 5.71. The lowest BCUT2D eigenvalue weighted by molar-refractivity contribution is 0.0773. The molecule has 1 amide bonds. The number of amides is 1. The van der Waals surface area contributed by atoms with Crippen molar-refractivity contribution in [2.75, 3.05) is 38.1 Å². The van der Waals surface area contributed by atoms with Crippen LogP contribution in [0.25, 0.3) is 0 Å². The van der Waals surface area contributed by atoms with Crippen LogP contribution in [-0.2, 0) is 13.0 Å². The van der Waals surface area contributed by atoms with Crippen LogP contribution in [0.15, 0.2) is 41.0 Å². The van der Waals surface area contributed by atoms with Crippen molar-refractivity contribution in [1.82, 2.24) is 9.80 Å². The molecule has 5 heteroatoms. The maximum Gasteiger partial charge on any atom is 0.257 e. The highest BCUT2D eigenvalue weighted by Gasteiger charge is 2.35. The van der Waals surface area contributed by atoms with Gasteiger partial charge in [0, 0.05) is 24.8 Å². The van der Waals surface area contributed by atoms with Gasteiger partial charge < -0.3 is 19.1 Å². The molecule has 0 radical (unpaired) electrons. The predicted octanol–water partition coefficient (Wildman–Crippen LogP) is 4.03. The third-order valence-corrected chi connectivity index (χ3v) is 7.58. The molecule has 0 bridgehead atoms. The van der Waals surface area contributed by atoms with Gasteiger partial charge in [0.2, 0.25) is 0 Å². The van der Waals surface area contributed by atoms with Gasteiger partial charge in [-0.2, -0.15) is 0 Å². The second-order valence-electron chi connectivity index (χ2n) is 9.51. The molecule has 1 aromatic carbocycles. The van der Waals surface area contributed by atoms with Crippen LogP contribution in [0, 0.1) is 11.8 Å². The first-order valence-electron chi connectivity index (χ1n) is 11.5. The fraction of sp³-hybridized carbons (Fsp3) is 0.560. The van der Waals surface area contributed by atoms with E-state index < -0.39 is 0 Å². The van der Waals surface area contributed by atoms with E-state index in [0.29, 0.717) is 18.5 Å². The number of benzene rings is 1. The average Bonchev–Trinajstić information content (AvgIpc) is 3.48. The summed E-state index contributed by atoms with van der Waals surface area (Å²) in [7, 11) is 2.21. The van der Waals surface area contributed by atoms with Crippen molar-refractivity contribution >= 4 is 11.6 Å². The zero-order valence-corrected chi connectivity index (χ0v) is 18.2. The molecule has 5 rings (SSSR count). The topological polar surface area (TPSA) is 39.9 Å². The predicted molar refractivity (Wildman–Crippen MR) is 119 cm³/mol. The molecule has 160 valence electrons. The van der Waals surface area contributed by atoms with Crippen molar-refractivity contribution in [2.24, 2.45) is 11.8 Å². The van der Waals surface area contributed by atoms with Gasteiger partial charge in [-0.25, -0.2) is 0 Å². The number of piperidine rings is 1. The number of hydrogen-bond acceptors (Lipinski definition) is 4. The number of para-hydroxylation sites is 1. The lowest BCUT2D eigenvalue weighted by Crippen LogP contribution is -2.35. The third kappa shape index (κ3) is 3.64. The summed E-state index contributed by atoms with van der Waals surface area (Å²) in [5.41, 5.74) is 3.39. The van der Waals surface area contributed by atoms with Crippen molar-refractivity contribution in [1.29, 1.82) is 0 Å². The molecule has 0 unspecified atom stereocenters. The van der Waals surface area contributed by atoms with Crippen molar-refractivity contribution in [3.05, 3.63) is 53.5 Å². The van der Waals surface area contributed by atoms with E-state index in [1.54, 1.807) is 6.26 Å². The summed E-state index contributed by atoms with van der Waals surface area (Å²) in [5.74, 6) is 2.37. The van der Waals surface area contributed by atoms with Gasteiger partial charge in [0.15, 0.2) is 0 Å². The van der Waals surface area contributed by atoms with Gasteiger partial charge in [-0.05, 0) is 82.3 Å². The van der Waals surface area contributed by atoms with E-state index in [9.17, 15) is 4.79 Å². The van der Waals surface area contributed by atoms with Crippen molar-refractivity contribution in [3.8, 4) is 0 Å². The van der Waals surface area contributed by atoms with Crippen LogP contribution in [-0.4, -0.2) is 55.0 Å². The summed E-state index contributed by atoms with van der Waals surface area (Å²) in [6.45, 7) is 7.06. The highest BCUT2D eigenvalue weighted by molar-refractivity contribution is 5.95. The Morgan fingerprint density at radius 2 is 1.83 bits per heavy atom. The SMILES string of the molecule is C[C@H]1Cc2ccccc2N1Cc1occc1C(=O)N1CC[C@@H](C2CCN(C)CC2)C1. The number of carbonyl (C=O) groups is 1. The Hall–Kier alpha value is -2.27. The highest BCUT2D eigenvalue weighted by Crippen LogP contribution is 2.35. The van der Waals surface area contributed by atoms with E-state index >= 15 is 0 Å². The Kier molecular flexibility index (Phi) is 5.32. The minimum absolute atomic E-state index is 0.148. The number of rotatable bonds is 4. The molecule has 4 heterocycles. The van der Waals surface area contributed by atoms with E-state index in [0.717, 1.165) is 43.2 Å². The normalized spacial score (nSPS) is 25.1. The molecular weight excluding hydrogens is 374 g/mol. The summed E-state index contributed by atoms with van der Waals surface area (Å²) < 4.78 is 5.83. The van der Waals surface area contributed by atoms with E-state index in [4.69, 9.17) is 4.42 Å². The number of nitrogens with zero attached hydrogens (tertiary/aromatic N) is 3. The van der Waals surface area contributed by atoms with Crippen LogP contribution < -0.4 is 4.90 Å².